The van der Waals surface area contributed by atoms with E-state index in [1.807, 2.05) is 0 Å². The van der Waals surface area contributed by atoms with Crippen molar-refractivity contribution in [3.63, 3.8) is 0 Å². The molecule has 0 aromatic carbocycles. The Morgan fingerprint density at radius 1 is 1.69 bits per heavy atom. The summed E-state index contributed by atoms with van der Waals surface area (Å²) in [5, 5.41) is 9.23. The Hall–Kier alpha value is -0.990. The lowest BCUT2D eigenvalue weighted by Gasteiger charge is -2.09. The maximum absolute atomic E-state index is 12.7. The van der Waals surface area contributed by atoms with E-state index in [4.69, 9.17) is 0 Å². The van der Waals surface area contributed by atoms with Gasteiger partial charge >= 0.3 is 5.97 Å². The molecule has 1 N–H and O–H groups in total. The van der Waals surface area contributed by atoms with Gasteiger partial charge in [0, 0.05) is 0 Å². The predicted molar refractivity (Wildman–Crippen MR) is 59.5 cm³/mol. The topological polar surface area (TPSA) is 59.4 Å². The summed E-state index contributed by atoms with van der Waals surface area (Å²) in [5.74, 6) is -1.31. The number of hydrogen-bond donors (Lipinski definition) is 1. The summed E-state index contributed by atoms with van der Waals surface area (Å²) in [4.78, 5) is 14.8. The molecule has 1 rings (SSSR count). The van der Waals surface area contributed by atoms with Crippen molar-refractivity contribution in [3.05, 3.63) is 21.0 Å². The molecule has 0 fully saturated rings. The third-order valence-corrected chi connectivity index (χ3v) is 2.85. The van der Waals surface area contributed by atoms with E-state index in [1.54, 1.807) is 6.92 Å². The summed E-state index contributed by atoms with van der Waals surface area (Å²) in [5.41, 5.74) is -1.06. The van der Waals surface area contributed by atoms with Gasteiger partial charge in [-0.1, -0.05) is 0 Å². The van der Waals surface area contributed by atoms with Crippen LogP contribution in [0.25, 0.3) is 0 Å². The molecular weight excluding hydrogens is 335 g/mol. The Labute approximate surface area is 104 Å². The quantitative estimate of drug-likeness (QED) is 0.677. The number of aromatic nitrogens is 1. The number of carbonyl (C=O) groups is 1. The minimum atomic E-state index is -2.90. The van der Waals surface area contributed by atoms with Crippen molar-refractivity contribution in [1.82, 2.24) is 4.98 Å². The molecule has 0 saturated carbocycles. The van der Waals surface area contributed by atoms with Crippen molar-refractivity contribution >= 4 is 28.6 Å². The van der Waals surface area contributed by atoms with Gasteiger partial charge in [0.15, 0.2) is 5.69 Å². The smallest absolute Gasteiger partial charge is 0.357 e. The lowest BCUT2D eigenvalue weighted by molar-refractivity contribution is 0.0507. The standard InChI is InChI=1S/C9H8F2INO3/c1-2-16-9(15)7-5(8(10)11)6(12)4(14)3-13-7/h3,8,14H,2H2,1H3. The summed E-state index contributed by atoms with van der Waals surface area (Å²) >= 11 is 1.53. The van der Waals surface area contributed by atoms with Gasteiger partial charge in [0.25, 0.3) is 6.43 Å². The molecule has 0 amide bonds. The van der Waals surface area contributed by atoms with E-state index >= 15 is 0 Å². The summed E-state index contributed by atoms with van der Waals surface area (Å²) in [6.45, 7) is 1.63. The van der Waals surface area contributed by atoms with Crippen LogP contribution in [0.15, 0.2) is 6.20 Å². The summed E-state index contributed by atoms with van der Waals surface area (Å²) in [7, 11) is 0. The number of ether oxygens (including phenoxy) is 1. The Morgan fingerprint density at radius 3 is 2.81 bits per heavy atom. The van der Waals surface area contributed by atoms with Crippen LogP contribution in [0.4, 0.5) is 8.78 Å². The van der Waals surface area contributed by atoms with Gasteiger partial charge in [-0.3, -0.25) is 0 Å². The average molecular weight is 343 g/mol. The number of alkyl halides is 2. The first-order chi connectivity index (χ1) is 7.49. The molecule has 0 saturated heterocycles. The molecule has 7 heteroatoms. The van der Waals surface area contributed by atoms with E-state index in [2.05, 4.69) is 9.72 Å². The second-order valence-electron chi connectivity index (χ2n) is 2.74. The number of pyridine rings is 1. The molecule has 1 heterocycles. The van der Waals surface area contributed by atoms with Crippen LogP contribution in [-0.4, -0.2) is 22.7 Å². The van der Waals surface area contributed by atoms with Gasteiger partial charge in [-0.15, -0.1) is 0 Å². The number of carbonyl (C=O) groups excluding carboxylic acids is 1. The van der Waals surface area contributed by atoms with Gasteiger partial charge in [-0.2, -0.15) is 0 Å². The highest BCUT2D eigenvalue weighted by Gasteiger charge is 2.25. The highest BCUT2D eigenvalue weighted by atomic mass is 127. The molecule has 1 aromatic heterocycles. The fraction of sp³-hybridized carbons (Fsp3) is 0.333. The molecule has 0 radical (unpaired) electrons. The molecule has 0 spiro atoms. The molecule has 1 aromatic rings. The summed E-state index contributed by atoms with van der Waals surface area (Å²) in [6, 6.07) is 0. The first-order valence-electron chi connectivity index (χ1n) is 4.31. The van der Waals surface area contributed by atoms with Crippen molar-refractivity contribution in [2.45, 2.75) is 13.3 Å². The SMILES string of the molecule is CCOC(=O)c1ncc(O)c(I)c1C(F)F. The highest BCUT2D eigenvalue weighted by Crippen LogP contribution is 2.32. The van der Waals surface area contributed by atoms with Gasteiger partial charge in [-0.05, 0) is 29.5 Å². The third-order valence-electron chi connectivity index (χ3n) is 1.72. The predicted octanol–water partition coefficient (Wildman–Crippen LogP) is 2.51. The van der Waals surface area contributed by atoms with Crippen molar-refractivity contribution in [1.29, 1.82) is 0 Å². The summed E-state index contributed by atoms with van der Waals surface area (Å²) < 4.78 is 29.9. The molecular formula is C9H8F2INO3. The minimum Gasteiger partial charge on any atom is -0.505 e. The van der Waals surface area contributed by atoms with E-state index in [9.17, 15) is 18.7 Å². The van der Waals surface area contributed by atoms with E-state index in [0.29, 0.717) is 0 Å². The monoisotopic (exact) mass is 343 g/mol. The van der Waals surface area contributed by atoms with Crippen LogP contribution in [0.5, 0.6) is 5.75 Å². The Morgan fingerprint density at radius 2 is 2.31 bits per heavy atom. The zero-order valence-corrected chi connectivity index (χ0v) is 10.4. The second kappa shape index (κ2) is 5.37. The van der Waals surface area contributed by atoms with Crippen LogP contribution in [0.1, 0.15) is 29.4 Å². The molecule has 0 bridgehead atoms. The molecule has 0 unspecified atom stereocenters. The molecule has 88 valence electrons. The normalized spacial score (nSPS) is 10.6. The van der Waals surface area contributed by atoms with Crippen LogP contribution < -0.4 is 0 Å². The van der Waals surface area contributed by atoms with Crippen molar-refractivity contribution < 1.29 is 23.4 Å². The first kappa shape index (κ1) is 13.1. The van der Waals surface area contributed by atoms with E-state index in [1.165, 1.54) is 22.6 Å². The number of aromatic hydroxyl groups is 1. The molecule has 16 heavy (non-hydrogen) atoms. The molecule has 0 aliphatic carbocycles. The first-order valence-corrected chi connectivity index (χ1v) is 5.39. The Balaban J connectivity index is 3.28. The molecule has 4 nitrogen and oxygen atoms in total. The number of hydrogen-bond acceptors (Lipinski definition) is 4. The van der Waals surface area contributed by atoms with Crippen LogP contribution in [0, 0.1) is 3.57 Å². The van der Waals surface area contributed by atoms with Crippen molar-refractivity contribution in [3.8, 4) is 5.75 Å². The van der Waals surface area contributed by atoms with Gasteiger partial charge in [-0.25, -0.2) is 18.6 Å². The zero-order valence-electron chi connectivity index (χ0n) is 8.21. The second-order valence-corrected chi connectivity index (χ2v) is 3.82. The summed E-state index contributed by atoms with van der Waals surface area (Å²) in [6.07, 6.45) is -1.95. The van der Waals surface area contributed by atoms with Gasteiger partial charge < -0.3 is 9.84 Å². The van der Waals surface area contributed by atoms with Crippen LogP contribution in [-0.2, 0) is 4.74 Å². The van der Waals surface area contributed by atoms with Crippen LogP contribution in [0.2, 0.25) is 0 Å². The minimum absolute atomic E-state index is 0.0701. The zero-order chi connectivity index (χ0) is 12.3. The fourth-order valence-corrected chi connectivity index (χ4v) is 1.69. The fourth-order valence-electron chi connectivity index (χ4n) is 1.06. The lowest BCUT2D eigenvalue weighted by atomic mass is 10.2. The van der Waals surface area contributed by atoms with E-state index in [-0.39, 0.29) is 15.9 Å². The maximum atomic E-state index is 12.7. The number of esters is 1. The highest BCUT2D eigenvalue weighted by molar-refractivity contribution is 14.1. The van der Waals surface area contributed by atoms with E-state index < -0.39 is 23.7 Å². The Kier molecular flexibility index (Phi) is 4.39. The average Bonchev–Trinajstić information content (AvgIpc) is 2.21. The van der Waals surface area contributed by atoms with E-state index in [0.717, 1.165) is 6.20 Å². The van der Waals surface area contributed by atoms with Crippen LogP contribution >= 0.6 is 22.6 Å². The van der Waals surface area contributed by atoms with Gasteiger partial charge in [0.1, 0.15) is 5.75 Å². The largest absolute Gasteiger partial charge is 0.505 e. The molecule has 0 aliphatic rings. The van der Waals surface area contributed by atoms with Gasteiger partial charge in [0.2, 0.25) is 0 Å². The lowest BCUT2D eigenvalue weighted by Crippen LogP contribution is -2.12. The van der Waals surface area contributed by atoms with Crippen LogP contribution in [0.3, 0.4) is 0 Å². The third kappa shape index (κ3) is 2.57. The number of rotatable bonds is 3. The van der Waals surface area contributed by atoms with Gasteiger partial charge in [0.05, 0.1) is 21.9 Å². The molecule has 0 aliphatic heterocycles. The van der Waals surface area contributed by atoms with Crippen molar-refractivity contribution in [2.75, 3.05) is 6.61 Å². The Bertz CT molecular complexity index is 412. The number of nitrogens with zero attached hydrogens (tertiary/aromatic N) is 1. The number of halogens is 3. The van der Waals surface area contributed by atoms with Crippen molar-refractivity contribution in [2.24, 2.45) is 0 Å². The molecule has 0 atom stereocenters. The maximum Gasteiger partial charge on any atom is 0.357 e.